The number of hydrogen-bond acceptors (Lipinski definition) is 6. The van der Waals surface area contributed by atoms with Crippen LogP contribution in [0.5, 0.6) is 17.2 Å². The largest absolute Gasteiger partial charge is 0.492 e. The number of ether oxygens (including phenoxy) is 3. The first-order valence-corrected chi connectivity index (χ1v) is 13.3. The quantitative estimate of drug-likeness (QED) is 0.435. The van der Waals surface area contributed by atoms with Gasteiger partial charge in [0.05, 0.1) is 23.2 Å². The normalized spacial score (nSPS) is 13.5. The van der Waals surface area contributed by atoms with E-state index in [0.29, 0.717) is 42.1 Å². The third kappa shape index (κ3) is 5.68. The molecule has 3 aromatic carbocycles. The number of anilines is 1. The van der Waals surface area contributed by atoms with Crippen LogP contribution in [0, 0.1) is 0 Å². The number of fused-ring (bicyclic) bond motifs is 1. The fourth-order valence-corrected chi connectivity index (χ4v) is 5.36. The lowest BCUT2D eigenvalue weighted by Gasteiger charge is -2.27. The molecule has 1 heterocycles. The fourth-order valence-electron chi connectivity index (χ4n) is 3.80. The SMILES string of the molecule is CCOc1ccccc1N(CC(=O)NC(C)c1ccc2c(c1)OCCO2)S(=O)(=O)c1ccc(Cl)cc1. The molecule has 1 aliphatic rings. The molecule has 3 aromatic rings. The number of nitrogens with zero attached hydrogens (tertiary/aromatic N) is 1. The maximum absolute atomic E-state index is 13.7. The van der Waals surface area contributed by atoms with E-state index in [1.807, 2.05) is 19.1 Å². The number of carbonyl (C=O) groups is 1. The van der Waals surface area contributed by atoms with Gasteiger partial charge in [0.25, 0.3) is 10.0 Å². The number of rotatable bonds is 9. The van der Waals surface area contributed by atoms with Crippen molar-refractivity contribution >= 4 is 33.2 Å². The number of hydrogen-bond donors (Lipinski definition) is 1. The Kier molecular flexibility index (Phi) is 7.91. The van der Waals surface area contributed by atoms with E-state index in [9.17, 15) is 13.2 Å². The Bertz CT molecular complexity index is 1330. The molecule has 0 aromatic heterocycles. The Morgan fingerprint density at radius 3 is 2.47 bits per heavy atom. The number of carbonyl (C=O) groups excluding carboxylic acids is 1. The zero-order chi connectivity index (χ0) is 25.7. The van der Waals surface area contributed by atoms with Crippen LogP contribution in [-0.2, 0) is 14.8 Å². The second-order valence-electron chi connectivity index (χ2n) is 8.06. The van der Waals surface area contributed by atoms with E-state index in [2.05, 4.69) is 5.32 Å². The summed E-state index contributed by atoms with van der Waals surface area (Å²) >= 11 is 5.96. The van der Waals surface area contributed by atoms with Crippen LogP contribution in [0.4, 0.5) is 5.69 Å². The summed E-state index contributed by atoms with van der Waals surface area (Å²) in [6.45, 7) is 4.43. The molecule has 0 radical (unpaired) electrons. The highest BCUT2D eigenvalue weighted by atomic mass is 35.5. The Labute approximate surface area is 215 Å². The number of para-hydroxylation sites is 2. The Morgan fingerprint density at radius 2 is 1.75 bits per heavy atom. The van der Waals surface area contributed by atoms with Crippen molar-refractivity contribution < 1.29 is 27.4 Å². The van der Waals surface area contributed by atoms with Crippen LogP contribution in [0.3, 0.4) is 0 Å². The van der Waals surface area contributed by atoms with Gasteiger partial charge < -0.3 is 19.5 Å². The van der Waals surface area contributed by atoms with Gasteiger partial charge in [-0.15, -0.1) is 0 Å². The summed E-state index contributed by atoms with van der Waals surface area (Å²) in [4.78, 5) is 13.2. The van der Waals surface area contributed by atoms with Crippen LogP contribution >= 0.6 is 11.6 Å². The summed E-state index contributed by atoms with van der Waals surface area (Å²) in [7, 11) is -4.12. The van der Waals surface area contributed by atoms with Gasteiger partial charge in [-0.3, -0.25) is 9.10 Å². The van der Waals surface area contributed by atoms with Gasteiger partial charge in [0.15, 0.2) is 11.5 Å². The van der Waals surface area contributed by atoms with Gasteiger partial charge in [-0.05, 0) is 67.9 Å². The topological polar surface area (TPSA) is 94.2 Å². The van der Waals surface area contributed by atoms with Gasteiger partial charge in [0, 0.05) is 5.02 Å². The molecule has 1 amide bonds. The van der Waals surface area contributed by atoms with E-state index < -0.39 is 28.5 Å². The Morgan fingerprint density at radius 1 is 1.06 bits per heavy atom. The maximum atomic E-state index is 13.7. The first kappa shape index (κ1) is 25.7. The first-order valence-electron chi connectivity index (χ1n) is 11.5. The van der Waals surface area contributed by atoms with E-state index in [4.69, 9.17) is 25.8 Å². The Hall–Kier alpha value is -3.43. The lowest BCUT2D eigenvalue weighted by atomic mass is 10.1. The predicted molar refractivity (Wildman–Crippen MR) is 138 cm³/mol. The number of sulfonamides is 1. The zero-order valence-corrected chi connectivity index (χ0v) is 21.5. The third-order valence-electron chi connectivity index (χ3n) is 5.57. The Balaban J connectivity index is 1.61. The van der Waals surface area contributed by atoms with Crippen molar-refractivity contribution in [2.24, 2.45) is 0 Å². The second kappa shape index (κ2) is 11.1. The van der Waals surface area contributed by atoms with Crippen LogP contribution < -0.4 is 23.8 Å². The van der Waals surface area contributed by atoms with Crippen molar-refractivity contribution in [3.05, 3.63) is 77.3 Å². The van der Waals surface area contributed by atoms with Crippen molar-refractivity contribution in [1.82, 2.24) is 5.32 Å². The average molecular weight is 531 g/mol. The van der Waals surface area contributed by atoms with Crippen LogP contribution in [0.2, 0.25) is 5.02 Å². The number of benzene rings is 3. The summed E-state index contributed by atoms with van der Waals surface area (Å²) in [5.74, 6) is 1.13. The van der Waals surface area contributed by atoms with Gasteiger partial charge in [-0.1, -0.05) is 29.8 Å². The lowest BCUT2D eigenvalue weighted by molar-refractivity contribution is -0.120. The highest BCUT2D eigenvalue weighted by Crippen LogP contribution is 2.34. The van der Waals surface area contributed by atoms with Crippen LogP contribution in [-0.4, -0.2) is 40.7 Å². The van der Waals surface area contributed by atoms with Crippen LogP contribution in [0.15, 0.2) is 71.6 Å². The molecule has 8 nitrogen and oxygen atoms in total. The van der Waals surface area contributed by atoms with Crippen molar-refractivity contribution in [3.8, 4) is 17.2 Å². The van der Waals surface area contributed by atoms with Crippen LogP contribution in [0.1, 0.15) is 25.5 Å². The molecular weight excluding hydrogens is 504 g/mol. The zero-order valence-electron chi connectivity index (χ0n) is 19.9. The van der Waals surface area contributed by atoms with E-state index in [1.54, 1.807) is 37.3 Å². The molecular formula is C26H27ClN2O6S. The minimum absolute atomic E-state index is 0.00545. The summed E-state index contributed by atoms with van der Waals surface area (Å²) in [5.41, 5.74) is 1.06. The van der Waals surface area contributed by atoms with E-state index in [-0.39, 0.29) is 10.6 Å². The molecule has 1 unspecified atom stereocenters. The molecule has 10 heteroatoms. The molecule has 0 saturated heterocycles. The molecule has 0 bridgehead atoms. The van der Waals surface area contributed by atoms with Crippen molar-refractivity contribution in [3.63, 3.8) is 0 Å². The number of nitrogens with one attached hydrogen (secondary N) is 1. The maximum Gasteiger partial charge on any atom is 0.264 e. The van der Waals surface area contributed by atoms with Crippen LogP contribution in [0.25, 0.3) is 0 Å². The summed E-state index contributed by atoms with van der Waals surface area (Å²) in [6.07, 6.45) is 0. The lowest BCUT2D eigenvalue weighted by Crippen LogP contribution is -2.41. The molecule has 0 spiro atoms. The first-order chi connectivity index (χ1) is 17.3. The molecule has 0 saturated carbocycles. The molecule has 0 fully saturated rings. The van der Waals surface area contributed by atoms with Gasteiger partial charge in [0.1, 0.15) is 25.5 Å². The van der Waals surface area contributed by atoms with E-state index in [1.165, 1.54) is 24.3 Å². The molecule has 4 rings (SSSR count). The van der Waals surface area contributed by atoms with Crippen molar-refractivity contribution in [2.45, 2.75) is 24.8 Å². The second-order valence-corrected chi connectivity index (χ2v) is 10.4. The number of amides is 1. The number of halogens is 1. The average Bonchev–Trinajstić information content (AvgIpc) is 2.88. The molecule has 190 valence electrons. The van der Waals surface area contributed by atoms with Gasteiger partial charge >= 0.3 is 0 Å². The highest BCUT2D eigenvalue weighted by Gasteiger charge is 2.30. The van der Waals surface area contributed by atoms with Gasteiger partial charge in [0.2, 0.25) is 5.91 Å². The molecule has 36 heavy (non-hydrogen) atoms. The third-order valence-corrected chi connectivity index (χ3v) is 7.59. The van der Waals surface area contributed by atoms with Gasteiger partial charge in [-0.2, -0.15) is 0 Å². The minimum atomic E-state index is -4.12. The summed E-state index contributed by atoms with van der Waals surface area (Å²) in [6, 6.07) is 17.5. The molecule has 0 aliphatic carbocycles. The predicted octanol–water partition coefficient (Wildman–Crippen LogP) is 4.58. The minimum Gasteiger partial charge on any atom is -0.492 e. The summed E-state index contributed by atoms with van der Waals surface area (Å²) in [5, 5.41) is 3.29. The summed E-state index contributed by atoms with van der Waals surface area (Å²) < 4.78 is 45.2. The van der Waals surface area contributed by atoms with Crippen molar-refractivity contribution in [2.75, 3.05) is 30.7 Å². The smallest absolute Gasteiger partial charge is 0.264 e. The molecule has 1 aliphatic heterocycles. The van der Waals surface area contributed by atoms with E-state index >= 15 is 0 Å². The fraction of sp³-hybridized carbons (Fsp3) is 0.269. The van der Waals surface area contributed by atoms with Crippen molar-refractivity contribution in [1.29, 1.82) is 0 Å². The standard InChI is InChI=1S/C26H27ClN2O6S/c1-3-33-23-7-5-4-6-22(23)29(36(31,32)21-11-9-20(27)10-12-21)17-26(30)28-18(2)19-8-13-24-25(16-19)35-15-14-34-24/h4-13,16,18H,3,14-15,17H2,1-2H3,(H,28,30). The van der Waals surface area contributed by atoms with Gasteiger partial charge in [-0.25, -0.2) is 8.42 Å². The molecule has 1 atom stereocenters. The molecule has 1 N–H and O–H groups in total. The monoisotopic (exact) mass is 530 g/mol. The highest BCUT2D eigenvalue weighted by molar-refractivity contribution is 7.92. The van der Waals surface area contributed by atoms with E-state index in [0.717, 1.165) is 9.87 Å².